The van der Waals surface area contributed by atoms with Gasteiger partial charge in [0.2, 0.25) is 0 Å². The molecule has 0 spiro atoms. The molecule has 1 heterocycles. The fourth-order valence-corrected chi connectivity index (χ4v) is 2.84. The molecular formula is C15H20N2O3. The van der Waals surface area contributed by atoms with Crippen LogP contribution in [0.2, 0.25) is 0 Å². The molecule has 2 fully saturated rings. The Morgan fingerprint density at radius 2 is 2.00 bits per heavy atom. The van der Waals surface area contributed by atoms with Gasteiger partial charge in [-0.25, -0.2) is 4.79 Å². The summed E-state index contributed by atoms with van der Waals surface area (Å²) in [5, 5.41) is 5.65. The van der Waals surface area contributed by atoms with Crippen LogP contribution in [0.15, 0.2) is 18.2 Å². The monoisotopic (exact) mass is 276 g/mol. The Hall–Kier alpha value is -1.91. The minimum Gasteiger partial charge on any atom is -0.493 e. The van der Waals surface area contributed by atoms with Gasteiger partial charge in [-0.1, -0.05) is 6.07 Å². The molecule has 1 aliphatic carbocycles. The van der Waals surface area contributed by atoms with Crippen molar-refractivity contribution in [3.63, 3.8) is 0 Å². The van der Waals surface area contributed by atoms with Crippen LogP contribution in [0.3, 0.4) is 0 Å². The molecule has 108 valence electrons. The molecule has 2 aliphatic rings. The van der Waals surface area contributed by atoms with Crippen LogP contribution < -0.4 is 20.1 Å². The van der Waals surface area contributed by atoms with E-state index in [1.165, 1.54) is 12.8 Å². The molecule has 1 atom stereocenters. The molecule has 3 rings (SSSR count). The molecule has 5 heteroatoms. The third-order valence-corrected chi connectivity index (χ3v) is 3.96. The Kier molecular flexibility index (Phi) is 3.67. The average molecular weight is 276 g/mol. The highest BCUT2D eigenvalue weighted by Crippen LogP contribution is 2.34. The smallest absolute Gasteiger partial charge is 0.315 e. The molecule has 1 aliphatic heterocycles. The van der Waals surface area contributed by atoms with Crippen molar-refractivity contribution in [2.75, 3.05) is 13.7 Å². The highest BCUT2D eigenvalue weighted by molar-refractivity contribution is 5.77. The van der Waals surface area contributed by atoms with Crippen molar-refractivity contribution in [1.82, 2.24) is 10.6 Å². The minimum atomic E-state index is -0.121. The molecule has 0 aromatic heterocycles. The van der Waals surface area contributed by atoms with Crippen LogP contribution in [0.4, 0.5) is 4.79 Å². The first-order valence-electron chi connectivity index (χ1n) is 7.15. The molecule has 1 aromatic rings. The maximum absolute atomic E-state index is 11.2. The standard InChI is InChI=1S/C15H20N2O3/c1-19-13-7-6-10(12-9-16-15(18)17-12)8-14(13)20-11-4-2-3-5-11/h6-8,11-12H,2-5,9H2,1H3,(H2,16,17,18). The van der Waals surface area contributed by atoms with E-state index in [0.717, 1.165) is 29.9 Å². The maximum atomic E-state index is 11.2. The highest BCUT2D eigenvalue weighted by atomic mass is 16.5. The second kappa shape index (κ2) is 5.61. The molecule has 1 aromatic carbocycles. The van der Waals surface area contributed by atoms with E-state index in [0.29, 0.717) is 6.54 Å². The number of carbonyl (C=O) groups is 1. The topological polar surface area (TPSA) is 59.6 Å². The van der Waals surface area contributed by atoms with Crippen molar-refractivity contribution in [1.29, 1.82) is 0 Å². The van der Waals surface area contributed by atoms with Crippen molar-refractivity contribution < 1.29 is 14.3 Å². The van der Waals surface area contributed by atoms with Gasteiger partial charge >= 0.3 is 6.03 Å². The predicted octanol–water partition coefficient (Wildman–Crippen LogP) is 2.37. The first-order valence-corrected chi connectivity index (χ1v) is 7.15. The van der Waals surface area contributed by atoms with Gasteiger partial charge in [-0.15, -0.1) is 0 Å². The molecule has 0 radical (unpaired) electrons. The fraction of sp³-hybridized carbons (Fsp3) is 0.533. The van der Waals surface area contributed by atoms with Crippen LogP contribution in [-0.2, 0) is 0 Å². The summed E-state index contributed by atoms with van der Waals surface area (Å²) in [5.74, 6) is 1.52. The molecule has 5 nitrogen and oxygen atoms in total. The third kappa shape index (κ3) is 2.66. The van der Waals surface area contributed by atoms with E-state index in [9.17, 15) is 4.79 Å². The SMILES string of the molecule is COc1ccc(C2CNC(=O)N2)cc1OC1CCCC1. The number of ether oxygens (including phenoxy) is 2. The summed E-state index contributed by atoms with van der Waals surface area (Å²) >= 11 is 0. The maximum Gasteiger partial charge on any atom is 0.315 e. The summed E-state index contributed by atoms with van der Waals surface area (Å²) in [6, 6.07) is 5.74. The Labute approximate surface area is 118 Å². The van der Waals surface area contributed by atoms with Crippen molar-refractivity contribution in [3.8, 4) is 11.5 Å². The number of carbonyl (C=O) groups excluding carboxylic acids is 1. The Morgan fingerprint density at radius 1 is 1.20 bits per heavy atom. The van der Waals surface area contributed by atoms with E-state index in [-0.39, 0.29) is 18.2 Å². The molecule has 1 unspecified atom stereocenters. The lowest BCUT2D eigenvalue weighted by molar-refractivity contribution is 0.200. The van der Waals surface area contributed by atoms with Crippen molar-refractivity contribution in [2.45, 2.75) is 37.8 Å². The Balaban J connectivity index is 1.80. The summed E-state index contributed by atoms with van der Waals surface area (Å²) < 4.78 is 11.4. The van der Waals surface area contributed by atoms with Gasteiger partial charge in [0.25, 0.3) is 0 Å². The molecule has 1 saturated carbocycles. The summed E-state index contributed by atoms with van der Waals surface area (Å²) in [4.78, 5) is 11.2. The van der Waals surface area contributed by atoms with Gasteiger partial charge in [0, 0.05) is 6.54 Å². The number of methoxy groups -OCH3 is 1. The second-order valence-electron chi connectivity index (χ2n) is 5.34. The lowest BCUT2D eigenvalue weighted by Crippen LogP contribution is -2.21. The number of hydrogen-bond donors (Lipinski definition) is 2. The van der Waals surface area contributed by atoms with Crippen LogP contribution >= 0.6 is 0 Å². The predicted molar refractivity (Wildman–Crippen MR) is 75.2 cm³/mol. The van der Waals surface area contributed by atoms with E-state index in [1.807, 2.05) is 18.2 Å². The van der Waals surface area contributed by atoms with Gasteiger partial charge in [0.05, 0.1) is 19.3 Å². The zero-order valence-corrected chi connectivity index (χ0v) is 11.6. The van der Waals surface area contributed by atoms with E-state index >= 15 is 0 Å². The van der Waals surface area contributed by atoms with Crippen LogP contribution in [0.1, 0.15) is 37.3 Å². The number of nitrogens with one attached hydrogen (secondary N) is 2. The number of rotatable bonds is 4. The summed E-state index contributed by atoms with van der Waals surface area (Å²) in [5.41, 5.74) is 1.04. The lowest BCUT2D eigenvalue weighted by Gasteiger charge is -2.18. The van der Waals surface area contributed by atoms with Crippen LogP contribution in [-0.4, -0.2) is 25.8 Å². The van der Waals surface area contributed by atoms with Crippen molar-refractivity contribution in [3.05, 3.63) is 23.8 Å². The van der Waals surface area contributed by atoms with Gasteiger partial charge in [-0.3, -0.25) is 0 Å². The van der Waals surface area contributed by atoms with E-state index < -0.39 is 0 Å². The average Bonchev–Trinajstić information content (AvgIpc) is 3.10. The van der Waals surface area contributed by atoms with E-state index in [1.54, 1.807) is 7.11 Å². The zero-order chi connectivity index (χ0) is 13.9. The van der Waals surface area contributed by atoms with Gasteiger partial charge in [-0.2, -0.15) is 0 Å². The fourth-order valence-electron chi connectivity index (χ4n) is 2.84. The molecule has 2 amide bonds. The number of benzene rings is 1. The van der Waals surface area contributed by atoms with Gasteiger partial charge < -0.3 is 20.1 Å². The van der Waals surface area contributed by atoms with Crippen molar-refractivity contribution in [2.24, 2.45) is 0 Å². The quantitative estimate of drug-likeness (QED) is 0.887. The molecule has 20 heavy (non-hydrogen) atoms. The largest absolute Gasteiger partial charge is 0.493 e. The first-order chi connectivity index (χ1) is 9.76. The lowest BCUT2D eigenvalue weighted by atomic mass is 10.1. The number of amides is 2. The van der Waals surface area contributed by atoms with Crippen molar-refractivity contribution >= 4 is 6.03 Å². The first kappa shape index (κ1) is 13.1. The van der Waals surface area contributed by atoms with Gasteiger partial charge in [0.15, 0.2) is 11.5 Å². The molecular weight excluding hydrogens is 256 g/mol. The van der Waals surface area contributed by atoms with Crippen LogP contribution in [0.25, 0.3) is 0 Å². The number of urea groups is 1. The van der Waals surface area contributed by atoms with Gasteiger partial charge in [0.1, 0.15) is 0 Å². The highest BCUT2D eigenvalue weighted by Gasteiger charge is 2.24. The summed E-state index contributed by atoms with van der Waals surface area (Å²) in [6.07, 6.45) is 4.96. The molecule has 0 bridgehead atoms. The van der Waals surface area contributed by atoms with Crippen LogP contribution in [0.5, 0.6) is 11.5 Å². The zero-order valence-electron chi connectivity index (χ0n) is 11.6. The van der Waals surface area contributed by atoms with E-state index in [4.69, 9.17) is 9.47 Å². The Bertz CT molecular complexity index is 498. The summed E-state index contributed by atoms with van der Waals surface area (Å²) in [7, 11) is 1.65. The van der Waals surface area contributed by atoms with Gasteiger partial charge in [-0.05, 0) is 43.4 Å². The minimum absolute atomic E-state index is 0.000616. The second-order valence-corrected chi connectivity index (χ2v) is 5.34. The Morgan fingerprint density at radius 3 is 2.65 bits per heavy atom. The summed E-state index contributed by atoms with van der Waals surface area (Å²) in [6.45, 7) is 0.605. The van der Waals surface area contributed by atoms with Crippen LogP contribution in [0, 0.1) is 0 Å². The third-order valence-electron chi connectivity index (χ3n) is 3.96. The van der Waals surface area contributed by atoms with E-state index in [2.05, 4.69) is 10.6 Å². The number of hydrogen-bond acceptors (Lipinski definition) is 3. The molecule has 1 saturated heterocycles. The normalized spacial score (nSPS) is 22.4. The molecule has 2 N–H and O–H groups in total.